The second-order valence-corrected chi connectivity index (χ2v) is 28.7. The van der Waals surface area contributed by atoms with Crippen LogP contribution in [0, 0.1) is 31.6 Å². The van der Waals surface area contributed by atoms with E-state index in [9.17, 15) is 20.2 Å². The summed E-state index contributed by atoms with van der Waals surface area (Å²) in [6.07, 6.45) is 0. The molecule has 574 valence electrons. The number of nitriles is 1. The first-order chi connectivity index (χ1) is 58.4. The highest BCUT2D eigenvalue weighted by molar-refractivity contribution is 6.02. The molecular weight excluding hydrogens is 1460 g/mol. The zero-order valence-electron chi connectivity index (χ0n) is 65.7. The predicted octanol–water partition coefficient (Wildman–Crippen LogP) is 28.9. The maximum Gasteiger partial charge on any atom is 0.271 e. The molecule has 0 spiro atoms. The van der Waals surface area contributed by atoms with Gasteiger partial charge in [0.2, 0.25) is 0 Å². The minimum atomic E-state index is -0.382. The van der Waals surface area contributed by atoms with E-state index < -0.39 is 0 Å². The molecule has 0 aromatic heterocycles. The second kappa shape index (κ2) is 35.5. The lowest BCUT2D eigenvalue weighted by Gasteiger charge is -2.28. The van der Waals surface area contributed by atoms with Gasteiger partial charge in [-0.15, -0.1) is 0 Å². The van der Waals surface area contributed by atoms with E-state index in [0.717, 1.165) is 96.3 Å². The van der Waals surface area contributed by atoms with E-state index in [0.29, 0.717) is 5.56 Å². The summed E-state index contributed by atoms with van der Waals surface area (Å²) in [5.41, 5.74) is 23.2. The van der Waals surface area contributed by atoms with Crippen LogP contribution in [-0.4, -0.2) is 31.0 Å². The highest BCUT2D eigenvalue weighted by atomic mass is 16.6. The molecule has 18 rings (SSSR count). The summed E-state index contributed by atoms with van der Waals surface area (Å²) in [4.78, 5) is 34.5. The van der Waals surface area contributed by atoms with Gasteiger partial charge in [-0.1, -0.05) is 243 Å². The van der Waals surface area contributed by atoms with Crippen molar-refractivity contribution >= 4 is 129 Å². The number of nitro benzene ring substituents is 2. The number of nitro groups is 2. The lowest BCUT2D eigenvalue weighted by Crippen LogP contribution is -2.12. The van der Waals surface area contributed by atoms with Crippen LogP contribution in [0.2, 0.25) is 0 Å². The smallest absolute Gasteiger partial charge is 0.271 e. The number of rotatable bonds is 20. The molecule has 0 radical (unpaired) electrons. The Bertz CT molecular complexity index is 6560. The van der Waals surface area contributed by atoms with Gasteiger partial charge in [-0.2, -0.15) is 5.26 Å². The summed E-state index contributed by atoms with van der Waals surface area (Å²) in [5.74, 6) is 0. The zero-order chi connectivity index (χ0) is 81.6. The van der Waals surface area contributed by atoms with Crippen LogP contribution >= 0.6 is 0 Å². The van der Waals surface area contributed by atoms with Gasteiger partial charge in [0.25, 0.3) is 11.4 Å². The zero-order valence-corrected chi connectivity index (χ0v) is 65.7. The first kappa shape index (κ1) is 76.8. The van der Waals surface area contributed by atoms with Crippen molar-refractivity contribution in [2.24, 2.45) is 0 Å². The first-order valence-electron chi connectivity index (χ1n) is 39.2. The molecule has 0 heterocycles. The van der Waals surface area contributed by atoms with Crippen molar-refractivity contribution in [2.45, 2.75) is 0 Å². The van der Waals surface area contributed by atoms with Crippen molar-refractivity contribution in [3.8, 4) is 39.4 Å². The Morgan fingerprint density at radius 3 is 0.765 bits per heavy atom. The van der Waals surface area contributed by atoms with E-state index in [-0.39, 0.29) is 21.2 Å². The van der Waals surface area contributed by atoms with Gasteiger partial charge in [0.15, 0.2) is 0 Å². The molecule has 119 heavy (non-hydrogen) atoms. The van der Waals surface area contributed by atoms with Crippen LogP contribution in [0.15, 0.2) is 437 Å². The summed E-state index contributed by atoms with van der Waals surface area (Å²) in [6, 6.07) is 150. The lowest BCUT2D eigenvalue weighted by atomic mass is 10.0. The molecule has 13 nitrogen and oxygen atoms in total. The van der Waals surface area contributed by atoms with Crippen LogP contribution in [0.4, 0.5) is 96.7 Å². The molecule has 18 aromatic rings. The average molecular weight is 1540 g/mol. The summed E-state index contributed by atoms with van der Waals surface area (Å²) >= 11 is 0. The standard InChI is InChI=1S/C36H27N3.2C35H27N3O2/c1-38(31-18-14-27(26-37)15-19-31)32-22-24-34(25-23-32)39(36-13-7-11-30-10-5-6-12-35(30)36)33-20-16-29(17-21-33)28-8-3-2-4-9-28;1-36(32-13-8-14-33(25-32)38(39)40)29-21-23-31(24-22-29)37(35-16-7-12-28-11-5-6-15-34(28)35)30-19-17-27(18-20-30)26-9-3-2-4-10-26;1-36(30-20-24-33(25-21-30)38(39)40)29-18-22-32(23-19-29)37(35-13-7-11-28-10-5-6-12-34(28)35)31-16-14-27(15-17-31)26-8-3-2-4-9-26/h2-25H,1H3;2*2-25H,1H3. The van der Waals surface area contributed by atoms with Crippen molar-refractivity contribution < 1.29 is 9.85 Å². The molecule has 0 aliphatic rings. The molecule has 0 bridgehead atoms. The maximum atomic E-state index is 11.3. The quantitative estimate of drug-likeness (QED) is 0.0534. The van der Waals surface area contributed by atoms with E-state index in [1.807, 2.05) is 91.6 Å². The predicted molar refractivity (Wildman–Crippen MR) is 494 cm³/mol. The largest absolute Gasteiger partial charge is 0.345 e. The van der Waals surface area contributed by atoms with Gasteiger partial charge in [0, 0.05) is 130 Å². The van der Waals surface area contributed by atoms with Crippen LogP contribution < -0.4 is 29.4 Å². The van der Waals surface area contributed by atoms with E-state index in [2.05, 4.69) is 359 Å². The van der Waals surface area contributed by atoms with E-state index >= 15 is 0 Å². The molecule has 18 aromatic carbocycles. The average Bonchev–Trinajstić information content (AvgIpc) is 0.782. The van der Waals surface area contributed by atoms with Gasteiger partial charge in [-0.25, -0.2) is 0 Å². The van der Waals surface area contributed by atoms with Crippen molar-refractivity contribution in [3.63, 3.8) is 0 Å². The Balaban J connectivity index is 0.000000133. The third kappa shape index (κ3) is 17.2. The number of fused-ring (bicyclic) bond motifs is 3. The molecule has 0 atom stereocenters. The summed E-state index contributed by atoms with van der Waals surface area (Å²) in [7, 11) is 5.92. The number of nitrogens with zero attached hydrogens (tertiary/aromatic N) is 9. The van der Waals surface area contributed by atoms with Crippen molar-refractivity contribution in [1.82, 2.24) is 0 Å². The molecule has 0 saturated carbocycles. The van der Waals surface area contributed by atoms with Gasteiger partial charge in [-0.05, 0) is 219 Å². The number of anilines is 15. The maximum absolute atomic E-state index is 11.3. The van der Waals surface area contributed by atoms with Crippen LogP contribution in [0.5, 0.6) is 0 Å². The van der Waals surface area contributed by atoms with Gasteiger partial charge in [0.05, 0.1) is 38.5 Å². The Labute approximate surface area is 692 Å². The topological polar surface area (TPSA) is 130 Å². The van der Waals surface area contributed by atoms with Crippen molar-refractivity contribution in [3.05, 3.63) is 463 Å². The number of hydrogen-bond acceptors (Lipinski definition) is 11. The normalized spacial score (nSPS) is 10.8. The van der Waals surface area contributed by atoms with Gasteiger partial charge in [0.1, 0.15) is 0 Å². The van der Waals surface area contributed by atoms with Gasteiger partial charge in [-0.3, -0.25) is 20.2 Å². The number of hydrogen-bond donors (Lipinski definition) is 0. The molecule has 0 aliphatic carbocycles. The molecule has 0 saturated heterocycles. The van der Waals surface area contributed by atoms with E-state index in [1.165, 1.54) is 72.9 Å². The van der Waals surface area contributed by atoms with Gasteiger partial charge >= 0.3 is 0 Å². The van der Waals surface area contributed by atoms with E-state index in [1.54, 1.807) is 24.3 Å². The van der Waals surface area contributed by atoms with Crippen LogP contribution in [0.25, 0.3) is 65.7 Å². The minimum Gasteiger partial charge on any atom is -0.345 e. The van der Waals surface area contributed by atoms with Crippen LogP contribution in [-0.2, 0) is 0 Å². The lowest BCUT2D eigenvalue weighted by molar-refractivity contribution is -0.385. The number of benzene rings is 18. The summed E-state index contributed by atoms with van der Waals surface area (Å²) < 4.78 is 0. The Kier molecular flexibility index (Phi) is 22.9. The Hall–Kier alpha value is -16.2. The van der Waals surface area contributed by atoms with E-state index in [4.69, 9.17) is 5.26 Å². The Morgan fingerprint density at radius 1 is 0.227 bits per heavy atom. The third-order valence-corrected chi connectivity index (χ3v) is 21.5. The Morgan fingerprint density at radius 2 is 0.462 bits per heavy atom. The molecule has 0 fully saturated rings. The SMILES string of the molecule is CN(c1ccc(C#N)cc1)c1ccc(N(c2ccc(-c3ccccc3)cc2)c2cccc3ccccc23)cc1.CN(c1ccc(N(c2ccc(-c3ccccc3)cc2)c2cccc3ccccc23)cc1)c1ccc([N+](=O)[O-])cc1.CN(c1ccc(N(c2ccc(-c3ccccc3)cc2)c2cccc3ccccc23)cc1)c1cccc([N+](=O)[O-])c1. The fraction of sp³-hybridized carbons (Fsp3) is 0.0283. The molecule has 0 unspecified atom stereocenters. The van der Waals surface area contributed by atoms with Crippen molar-refractivity contribution in [2.75, 3.05) is 50.5 Å². The number of non-ortho nitro benzene ring substituents is 2. The summed E-state index contributed by atoms with van der Waals surface area (Å²) in [6.45, 7) is 0. The molecule has 13 heteroatoms. The fourth-order valence-electron chi connectivity index (χ4n) is 15.1. The monoisotopic (exact) mass is 1540 g/mol. The third-order valence-electron chi connectivity index (χ3n) is 21.5. The first-order valence-corrected chi connectivity index (χ1v) is 39.2. The molecule has 0 amide bonds. The fourth-order valence-corrected chi connectivity index (χ4v) is 15.1. The van der Waals surface area contributed by atoms with Crippen LogP contribution in [0.1, 0.15) is 5.56 Å². The summed E-state index contributed by atoms with van der Waals surface area (Å²) in [5, 5.41) is 38.5. The molecule has 0 aliphatic heterocycles. The minimum absolute atomic E-state index is 0.0713. The molecule has 0 N–H and O–H groups in total. The highest BCUT2D eigenvalue weighted by Gasteiger charge is 2.22. The molecular formula is C106H81N9O4. The van der Waals surface area contributed by atoms with Crippen LogP contribution in [0.3, 0.4) is 0 Å². The second-order valence-electron chi connectivity index (χ2n) is 28.7. The van der Waals surface area contributed by atoms with Gasteiger partial charge < -0.3 is 29.4 Å². The van der Waals surface area contributed by atoms with Crippen molar-refractivity contribution in [1.29, 1.82) is 5.26 Å². The highest BCUT2D eigenvalue weighted by Crippen LogP contribution is 2.45.